The lowest BCUT2D eigenvalue weighted by Crippen LogP contribution is -2.54. The van der Waals surface area contributed by atoms with Gasteiger partial charge in [-0.25, -0.2) is 13.1 Å². The van der Waals surface area contributed by atoms with Gasteiger partial charge in [-0.05, 0) is 37.5 Å². The molecule has 1 saturated carbocycles. The molecule has 21 heavy (non-hydrogen) atoms. The summed E-state index contributed by atoms with van der Waals surface area (Å²) in [5.41, 5.74) is -0.306. The Morgan fingerprint density at radius 2 is 1.95 bits per heavy atom. The molecule has 0 aliphatic heterocycles. The average molecular weight is 330 g/mol. The van der Waals surface area contributed by atoms with Crippen LogP contribution in [0.15, 0.2) is 24.3 Å². The van der Waals surface area contributed by atoms with Gasteiger partial charge in [0.1, 0.15) is 0 Å². The van der Waals surface area contributed by atoms with Crippen LogP contribution in [0.2, 0.25) is 5.02 Å². The van der Waals surface area contributed by atoms with Crippen molar-refractivity contribution in [1.82, 2.24) is 4.72 Å². The number of benzene rings is 1. The van der Waals surface area contributed by atoms with Crippen molar-refractivity contribution in [2.75, 3.05) is 0 Å². The smallest absolute Gasteiger partial charge is 0.216 e. The van der Waals surface area contributed by atoms with Gasteiger partial charge in [-0.3, -0.25) is 4.79 Å². The van der Waals surface area contributed by atoms with Gasteiger partial charge >= 0.3 is 0 Å². The fraction of sp³-hybridized carbons (Fsp3) is 0.533. The lowest BCUT2D eigenvalue weighted by Gasteiger charge is -2.35. The van der Waals surface area contributed by atoms with Crippen LogP contribution in [-0.2, 0) is 20.6 Å². The van der Waals surface area contributed by atoms with E-state index in [2.05, 4.69) is 4.72 Å². The second-order valence-electron chi connectivity index (χ2n) is 5.69. The Balaban J connectivity index is 2.17. The summed E-state index contributed by atoms with van der Waals surface area (Å²) in [6.07, 6.45) is 3.96. The average Bonchev–Trinajstić information content (AvgIpc) is 2.38. The van der Waals surface area contributed by atoms with Crippen molar-refractivity contribution in [3.8, 4) is 0 Å². The van der Waals surface area contributed by atoms with Crippen molar-refractivity contribution in [1.29, 1.82) is 0 Å². The third-order valence-corrected chi connectivity index (χ3v) is 5.63. The first-order chi connectivity index (χ1) is 9.83. The molecule has 0 radical (unpaired) electrons. The molecule has 0 unspecified atom stereocenters. The van der Waals surface area contributed by atoms with Gasteiger partial charge in [0.05, 0.1) is 11.3 Å². The van der Waals surface area contributed by atoms with E-state index in [1.807, 2.05) is 0 Å². The van der Waals surface area contributed by atoms with Gasteiger partial charge in [-0.15, -0.1) is 0 Å². The molecule has 1 aromatic carbocycles. The van der Waals surface area contributed by atoms with E-state index in [4.69, 9.17) is 11.6 Å². The van der Waals surface area contributed by atoms with Gasteiger partial charge in [0, 0.05) is 5.02 Å². The quantitative estimate of drug-likeness (QED) is 0.903. The Morgan fingerprint density at radius 3 is 2.52 bits per heavy atom. The Morgan fingerprint density at radius 1 is 1.29 bits per heavy atom. The lowest BCUT2D eigenvalue weighted by atomic mass is 9.80. The minimum Gasteiger partial charge on any atom is -0.298 e. The summed E-state index contributed by atoms with van der Waals surface area (Å²) in [6, 6.07) is 6.76. The van der Waals surface area contributed by atoms with Gasteiger partial charge in [-0.2, -0.15) is 0 Å². The number of hydrogen-bond acceptors (Lipinski definition) is 3. The molecule has 0 saturated heterocycles. The van der Waals surface area contributed by atoms with Gasteiger partial charge in [0.15, 0.2) is 5.78 Å². The SMILES string of the molecule is CC(=O)C1(NS(=O)(=O)Cc2cccc(Cl)c2)CCCCC1. The number of hydrogen-bond donors (Lipinski definition) is 1. The maximum absolute atomic E-state index is 12.4. The summed E-state index contributed by atoms with van der Waals surface area (Å²) in [5.74, 6) is -0.264. The largest absolute Gasteiger partial charge is 0.298 e. The fourth-order valence-electron chi connectivity index (χ4n) is 2.86. The number of halogens is 1. The summed E-state index contributed by atoms with van der Waals surface area (Å²) in [6.45, 7) is 1.47. The monoisotopic (exact) mass is 329 g/mol. The minimum atomic E-state index is -3.58. The Kier molecular flexibility index (Phi) is 5.07. The van der Waals surface area contributed by atoms with Crippen molar-refractivity contribution >= 4 is 27.4 Å². The summed E-state index contributed by atoms with van der Waals surface area (Å²) < 4.78 is 27.4. The highest BCUT2D eigenvalue weighted by molar-refractivity contribution is 7.88. The number of carbonyl (C=O) groups is 1. The number of carbonyl (C=O) groups excluding carboxylic acids is 1. The third-order valence-electron chi connectivity index (χ3n) is 3.98. The molecule has 2 rings (SSSR count). The van der Waals surface area contributed by atoms with Crippen molar-refractivity contribution in [3.05, 3.63) is 34.9 Å². The van der Waals surface area contributed by atoms with Crippen molar-refractivity contribution < 1.29 is 13.2 Å². The van der Waals surface area contributed by atoms with E-state index in [0.29, 0.717) is 23.4 Å². The second-order valence-corrected chi connectivity index (χ2v) is 7.85. The zero-order valence-corrected chi connectivity index (χ0v) is 13.6. The molecule has 1 fully saturated rings. The zero-order chi connectivity index (χ0) is 15.5. The second kappa shape index (κ2) is 6.46. The highest BCUT2D eigenvalue weighted by Crippen LogP contribution is 2.30. The number of Topliss-reactive ketones (excluding diaryl/α,β-unsaturated/α-hetero) is 1. The summed E-state index contributed by atoms with van der Waals surface area (Å²) in [7, 11) is -3.58. The first-order valence-electron chi connectivity index (χ1n) is 7.10. The minimum absolute atomic E-state index is 0.100. The molecule has 1 aromatic rings. The molecule has 116 valence electrons. The molecule has 1 aliphatic rings. The Labute approximate surface area is 130 Å². The predicted octanol–water partition coefficient (Wildman–Crippen LogP) is 3.05. The van der Waals surface area contributed by atoms with Gasteiger partial charge in [-0.1, -0.05) is 43.0 Å². The molecule has 6 heteroatoms. The molecular formula is C15H20ClNO3S. The van der Waals surface area contributed by atoms with Crippen LogP contribution in [0.25, 0.3) is 0 Å². The molecule has 0 amide bonds. The van der Waals surface area contributed by atoms with Gasteiger partial charge < -0.3 is 0 Å². The maximum Gasteiger partial charge on any atom is 0.216 e. The van der Waals surface area contributed by atoms with Crippen LogP contribution in [0, 0.1) is 0 Å². The summed E-state index contributed by atoms with van der Waals surface area (Å²) in [4.78, 5) is 12.0. The lowest BCUT2D eigenvalue weighted by molar-refractivity contribution is -0.123. The molecule has 0 aromatic heterocycles. The summed E-state index contributed by atoms with van der Waals surface area (Å²) >= 11 is 5.87. The van der Waals surface area contributed by atoms with Crippen LogP contribution in [0.3, 0.4) is 0 Å². The van der Waals surface area contributed by atoms with Gasteiger partial charge in [0.25, 0.3) is 0 Å². The van der Waals surface area contributed by atoms with Crippen LogP contribution in [0.4, 0.5) is 0 Å². The Hall–Kier alpha value is -0.910. The molecule has 4 nitrogen and oxygen atoms in total. The highest BCUT2D eigenvalue weighted by atomic mass is 35.5. The highest BCUT2D eigenvalue weighted by Gasteiger charge is 2.40. The van der Waals surface area contributed by atoms with E-state index in [0.717, 1.165) is 19.3 Å². The normalized spacial score (nSPS) is 18.4. The standard InChI is InChI=1S/C15H20ClNO3S/c1-12(18)15(8-3-2-4-9-15)17-21(19,20)11-13-6-5-7-14(16)10-13/h5-7,10,17H,2-4,8-9,11H2,1H3. The van der Waals surface area contributed by atoms with E-state index in [9.17, 15) is 13.2 Å². The number of sulfonamides is 1. The Bertz CT molecular complexity index is 622. The van der Waals surface area contributed by atoms with E-state index < -0.39 is 15.6 Å². The molecule has 0 bridgehead atoms. The number of ketones is 1. The predicted molar refractivity (Wildman–Crippen MR) is 83.7 cm³/mol. The molecule has 0 spiro atoms. The van der Waals surface area contributed by atoms with E-state index in [-0.39, 0.29) is 11.5 Å². The van der Waals surface area contributed by atoms with Crippen LogP contribution < -0.4 is 4.72 Å². The van der Waals surface area contributed by atoms with E-state index in [1.54, 1.807) is 24.3 Å². The first-order valence-corrected chi connectivity index (χ1v) is 9.13. The molecular weight excluding hydrogens is 310 g/mol. The first kappa shape index (κ1) is 16.5. The van der Waals surface area contributed by atoms with Gasteiger partial charge in [0.2, 0.25) is 10.0 Å². The molecule has 0 atom stereocenters. The van der Waals surface area contributed by atoms with Crippen LogP contribution in [0.5, 0.6) is 0 Å². The number of nitrogens with one attached hydrogen (secondary N) is 1. The van der Waals surface area contributed by atoms with Crippen molar-refractivity contribution in [3.63, 3.8) is 0 Å². The van der Waals surface area contributed by atoms with Crippen molar-refractivity contribution in [2.24, 2.45) is 0 Å². The van der Waals surface area contributed by atoms with E-state index in [1.165, 1.54) is 6.92 Å². The topological polar surface area (TPSA) is 63.2 Å². The number of rotatable bonds is 5. The van der Waals surface area contributed by atoms with Crippen LogP contribution >= 0.6 is 11.6 Å². The molecule has 1 N–H and O–H groups in total. The van der Waals surface area contributed by atoms with Crippen LogP contribution in [0.1, 0.15) is 44.6 Å². The fourth-order valence-corrected chi connectivity index (χ4v) is 4.71. The molecule has 1 aliphatic carbocycles. The maximum atomic E-state index is 12.4. The zero-order valence-electron chi connectivity index (χ0n) is 12.1. The molecule has 0 heterocycles. The summed E-state index contributed by atoms with van der Waals surface area (Å²) in [5, 5.41) is 0.502. The van der Waals surface area contributed by atoms with Crippen LogP contribution in [-0.4, -0.2) is 19.7 Å². The van der Waals surface area contributed by atoms with E-state index >= 15 is 0 Å². The third kappa shape index (κ3) is 4.28. The van der Waals surface area contributed by atoms with Crippen molar-refractivity contribution in [2.45, 2.75) is 50.3 Å².